The van der Waals surface area contributed by atoms with E-state index in [9.17, 15) is 13.2 Å². The minimum atomic E-state index is -3.39. The Labute approximate surface area is 153 Å². The monoisotopic (exact) mass is 392 g/mol. The van der Waals surface area contributed by atoms with E-state index in [1.54, 1.807) is 12.1 Å². The van der Waals surface area contributed by atoms with E-state index in [4.69, 9.17) is 11.6 Å². The van der Waals surface area contributed by atoms with Gasteiger partial charge in [0.15, 0.2) is 9.84 Å². The molecule has 5 nitrogen and oxygen atoms in total. The van der Waals surface area contributed by atoms with Crippen molar-refractivity contribution in [2.24, 2.45) is 11.3 Å². The van der Waals surface area contributed by atoms with Crippen molar-refractivity contribution < 1.29 is 13.2 Å². The quantitative estimate of drug-likeness (QED) is 0.803. The number of sulfone groups is 1. The van der Waals surface area contributed by atoms with E-state index >= 15 is 0 Å². The van der Waals surface area contributed by atoms with E-state index < -0.39 is 9.84 Å². The van der Waals surface area contributed by atoms with Gasteiger partial charge in [0.2, 0.25) is 5.91 Å². The number of nitrogens with one attached hydrogen (secondary N) is 2. The molecule has 2 N–H and O–H groups in total. The molecule has 24 heavy (non-hydrogen) atoms. The fourth-order valence-corrected chi connectivity index (χ4v) is 4.67. The van der Waals surface area contributed by atoms with Crippen molar-refractivity contribution in [2.45, 2.75) is 24.2 Å². The Morgan fingerprint density at radius 2 is 1.88 bits per heavy atom. The van der Waals surface area contributed by atoms with E-state index in [1.807, 2.05) is 0 Å². The number of carbonyl (C=O) groups is 1. The lowest BCUT2D eigenvalue weighted by molar-refractivity contribution is -0.123. The summed E-state index contributed by atoms with van der Waals surface area (Å²) >= 11 is 5.76. The summed E-state index contributed by atoms with van der Waals surface area (Å²) in [6.45, 7) is 2.08. The summed E-state index contributed by atoms with van der Waals surface area (Å²) in [7, 11) is -3.39. The van der Waals surface area contributed by atoms with Crippen molar-refractivity contribution in [2.75, 3.05) is 25.4 Å². The molecule has 134 valence electrons. The topological polar surface area (TPSA) is 75.3 Å². The Kier molecular flexibility index (Phi) is 6.18. The third-order valence-electron chi connectivity index (χ3n) is 4.95. The van der Waals surface area contributed by atoms with Crippen LogP contribution in [0.3, 0.4) is 0 Å². The normalized spacial score (nSPS) is 21.8. The minimum Gasteiger partial charge on any atom is -0.355 e. The summed E-state index contributed by atoms with van der Waals surface area (Å²) in [6.07, 6.45) is 3.01. The molecule has 8 heteroatoms. The SMILES string of the molecule is Cl.O=C(NCCS(=O)(=O)c1ccc(Cl)cc1)C1CC12CCNCC2. The molecule has 0 radical (unpaired) electrons. The molecule has 1 amide bonds. The first-order valence-electron chi connectivity index (χ1n) is 7.90. The van der Waals surface area contributed by atoms with Crippen LogP contribution in [-0.2, 0) is 14.6 Å². The van der Waals surface area contributed by atoms with Gasteiger partial charge in [-0.05, 0) is 62.0 Å². The lowest BCUT2D eigenvalue weighted by atomic mass is 9.92. The molecule has 0 aromatic heterocycles. The van der Waals surface area contributed by atoms with E-state index in [-0.39, 0.29) is 46.8 Å². The molecule has 1 aromatic rings. The van der Waals surface area contributed by atoms with Crippen molar-refractivity contribution in [1.82, 2.24) is 10.6 Å². The Bertz CT molecular complexity index is 686. The molecule has 2 fully saturated rings. The van der Waals surface area contributed by atoms with Crippen LogP contribution < -0.4 is 10.6 Å². The van der Waals surface area contributed by atoms with Gasteiger partial charge in [0.1, 0.15) is 0 Å². The molecule has 1 unspecified atom stereocenters. The van der Waals surface area contributed by atoms with Crippen LogP contribution in [0, 0.1) is 11.3 Å². The first-order valence-corrected chi connectivity index (χ1v) is 9.93. The van der Waals surface area contributed by atoms with Gasteiger partial charge in [0, 0.05) is 17.5 Å². The van der Waals surface area contributed by atoms with Gasteiger partial charge in [-0.3, -0.25) is 4.79 Å². The zero-order valence-corrected chi connectivity index (χ0v) is 15.6. The highest BCUT2D eigenvalue weighted by atomic mass is 35.5. The van der Waals surface area contributed by atoms with Gasteiger partial charge in [0.05, 0.1) is 10.6 Å². The summed E-state index contributed by atoms with van der Waals surface area (Å²) in [6, 6.07) is 6.09. The van der Waals surface area contributed by atoms with E-state index in [0.717, 1.165) is 32.4 Å². The number of hydrogen-bond acceptors (Lipinski definition) is 4. The molecule has 1 heterocycles. The second kappa shape index (κ2) is 7.60. The average molecular weight is 393 g/mol. The number of benzene rings is 1. The lowest BCUT2D eigenvalue weighted by Crippen LogP contribution is -2.35. The molecule has 1 aliphatic carbocycles. The third kappa shape index (κ3) is 4.23. The molecule has 1 spiro atoms. The second-order valence-corrected chi connectivity index (χ2v) is 8.98. The molecule has 3 rings (SSSR count). The lowest BCUT2D eigenvalue weighted by Gasteiger charge is -2.23. The largest absolute Gasteiger partial charge is 0.355 e. The summed E-state index contributed by atoms with van der Waals surface area (Å²) in [4.78, 5) is 12.4. The van der Waals surface area contributed by atoms with Gasteiger partial charge >= 0.3 is 0 Å². The van der Waals surface area contributed by atoms with Crippen molar-refractivity contribution >= 4 is 39.8 Å². The third-order valence-corrected chi connectivity index (χ3v) is 6.93. The van der Waals surface area contributed by atoms with Crippen molar-refractivity contribution in [3.8, 4) is 0 Å². The zero-order valence-electron chi connectivity index (χ0n) is 13.3. The Morgan fingerprint density at radius 1 is 1.25 bits per heavy atom. The summed E-state index contributed by atoms with van der Waals surface area (Å²) in [5.74, 6) is -0.0391. The highest BCUT2D eigenvalue weighted by Crippen LogP contribution is 2.58. The highest BCUT2D eigenvalue weighted by molar-refractivity contribution is 7.91. The van der Waals surface area contributed by atoms with E-state index in [2.05, 4.69) is 10.6 Å². The van der Waals surface area contributed by atoms with Crippen LogP contribution in [0.2, 0.25) is 5.02 Å². The molecular formula is C16H22Cl2N2O3S. The average Bonchev–Trinajstić information content (AvgIpc) is 3.21. The van der Waals surface area contributed by atoms with Crippen LogP contribution in [0.25, 0.3) is 0 Å². The van der Waals surface area contributed by atoms with Crippen molar-refractivity contribution in [3.05, 3.63) is 29.3 Å². The number of amides is 1. The smallest absolute Gasteiger partial charge is 0.223 e. The molecular weight excluding hydrogens is 371 g/mol. The number of halogens is 2. The van der Waals surface area contributed by atoms with Crippen LogP contribution in [-0.4, -0.2) is 39.7 Å². The van der Waals surface area contributed by atoms with Crippen LogP contribution in [0.4, 0.5) is 0 Å². The van der Waals surface area contributed by atoms with Gasteiger partial charge in [0.25, 0.3) is 0 Å². The maximum atomic E-state index is 12.2. The number of rotatable bonds is 5. The van der Waals surface area contributed by atoms with Gasteiger partial charge < -0.3 is 10.6 Å². The number of hydrogen-bond donors (Lipinski definition) is 2. The van der Waals surface area contributed by atoms with Crippen LogP contribution in [0.15, 0.2) is 29.2 Å². The van der Waals surface area contributed by atoms with Gasteiger partial charge in [-0.25, -0.2) is 8.42 Å². The van der Waals surface area contributed by atoms with E-state index in [1.165, 1.54) is 12.1 Å². The molecule has 0 bridgehead atoms. The van der Waals surface area contributed by atoms with Crippen LogP contribution >= 0.6 is 24.0 Å². The first kappa shape index (κ1) is 19.5. The summed E-state index contributed by atoms with van der Waals surface area (Å²) < 4.78 is 24.4. The van der Waals surface area contributed by atoms with Gasteiger partial charge in [-0.2, -0.15) is 0 Å². The minimum absolute atomic E-state index is 0. The molecule has 1 saturated carbocycles. The Hall–Kier alpha value is -0.820. The molecule has 1 saturated heterocycles. The maximum absolute atomic E-state index is 12.2. The zero-order chi connectivity index (χ0) is 16.5. The number of carbonyl (C=O) groups excluding carboxylic acids is 1. The molecule has 1 atom stereocenters. The van der Waals surface area contributed by atoms with Crippen molar-refractivity contribution in [3.63, 3.8) is 0 Å². The Morgan fingerprint density at radius 3 is 2.50 bits per heavy atom. The fraction of sp³-hybridized carbons (Fsp3) is 0.562. The van der Waals surface area contributed by atoms with Crippen LogP contribution in [0.1, 0.15) is 19.3 Å². The number of piperidine rings is 1. The molecule has 2 aliphatic rings. The maximum Gasteiger partial charge on any atom is 0.223 e. The van der Waals surface area contributed by atoms with Crippen molar-refractivity contribution in [1.29, 1.82) is 0 Å². The molecule has 1 aromatic carbocycles. The van der Waals surface area contributed by atoms with Gasteiger partial charge in [-0.1, -0.05) is 11.6 Å². The second-order valence-electron chi connectivity index (χ2n) is 6.43. The van der Waals surface area contributed by atoms with E-state index in [0.29, 0.717) is 5.02 Å². The fourth-order valence-electron chi connectivity index (χ4n) is 3.39. The first-order chi connectivity index (χ1) is 10.9. The predicted molar refractivity (Wildman–Crippen MR) is 96.4 cm³/mol. The molecule has 1 aliphatic heterocycles. The van der Waals surface area contributed by atoms with Crippen LogP contribution in [0.5, 0.6) is 0 Å². The Balaban J connectivity index is 0.00000208. The predicted octanol–water partition coefficient (Wildman–Crippen LogP) is 2.04. The van der Waals surface area contributed by atoms with Gasteiger partial charge in [-0.15, -0.1) is 12.4 Å². The summed E-state index contributed by atoms with van der Waals surface area (Å²) in [5, 5.41) is 6.59. The highest BCUT2D eigenvalue weighted by Gasteiger charge is 2.57. The standard InChI is InChI=1S/C16H21ClN2O3S.ClH/c17-12-1-3-13(4-2-12)23(21,22)10-9-19-15(20)14-11-16(14)5-7-18-8-6-16;/h1-4,14,18H,5-11H2,(H,19,20);1H. The summed E-state index contributed by atoms with van der Waals surface area (Å²) in [5.41, 5.74) is 0.171.